The van der Waals surface area contributed by atoms with Crippen molar-refractivity contribution < 1.29 is 14.3 Å². The van der Waals surface area contributed by atoms with Gasteiger partial charge in [0.1, 0.15) is 5.82 Å². The number of aryl methyl sites for hydroxylation is 1. The van der Waals surface area contributed by atoms with Crippen LogP contribution in [0.15, 0.2) is 30.7 Å². The molecule has 0 atom stereocenters. The highest BCUT2D eigenvalue weighted by Gasteiger charge is 2.23. The van der Waals surface area contributed by atoms with E-state index < -0.39 is 6.03 Å². The highest BCUT2D eigenvalue weighted by atomic mass is 16.5. The van der Waals surface area contributed by atoms with Gasteiger partial charge in [0.15, 0.2) is 0 Å². The number of nitrogens with one attached hydrogen (secondary N) is 1. The first-order valence-corrected chi connectivity index (χ1v) is 9.97. The molecule has 3 N–H and O–H groups in total. The van der Waals surface area contributed by atoms with Crippen molar-refractivity contribution in [2.75, 3.05) is 24.7 Å². The van der Waals surface area contributed by atoms with Gasteiger partial charge in [-0.25, -0.2) is 9.78 Å². The van der Waals surface area contributed by atoms with Crippen LogP contribution >= 0.6 is 0 Å². The lowest BCUT2D eigenvalue weighted by atomic mass is 9.99. The fourth-order valence-electron chi connectivity index (χ4n) is 3.87. The Labute approximate surface area is 169 Å². The molecule has 0 radical (unpaired) electrons. The molecule has 0 saturated carbocycles. The molecule has 2 aromatic rings. The van der Waals surface area contributed by atoms with E-state index in [1.54, 1.807) is 18.6 Å². The van der Waals surface area contributed by atoms with E-state index in [1.807, 2.05) is 12.1 Å². The van der Waals surface area contributed by atoms with E-state index in [4.69, 9.17) is 10.5 Å². The predicted octanol–water partition coefficient (Wildman–Crippen LogP) is 2.02. The minimum atomic E-state index is -0.477. The van der Waals surface area contributed by atoms with Gasteiger partial charge in [-0.2, -0.15) is 0 Å². The molecular formula is C21H25N5O3. The van der Waals surface area contributed by atoms with Gasteiger partial charge in [-0.1, -0.05) is 0 Å². The van der Waals surface area contributed by atoms with Crippen LogP contribution in [0.25, 0.3) is 11.1 Å². The lowest BCUT2D eigenvalue weighted by Gasteiger charge is -2.26. The largest absolute Gasteiger partial charge is 0.381 e. The average molecular weight is 395 g/mol. The third-order valence-corrected chi connectivity index (χ3v) is 5.48. The van der Waals surface area contributed by atoms with Crippen molar-refractivity contribution in [3.05, 3.63) is 41.9 Å². The Morgan fingerprint density at radius 1 is 1.17 bits per heavy atom. The summed E-state index contributed by atoms with van der Waals surface area (Å²) in [6, 6.07) is 3.57. The molecule has 4 rings (SSSR count). The normalized spacial score (nSPS) is 16.9. The van der Waals surface area contributed by atoms with Crippen LogP contribution in [0.5, 0.6) is 0 Å². The Bertz CT molecular complexity index is 911. The Hall–Kier alpha value is -3.00. The number of rotatable bonds is 4. The fourth-order valence-corrected chi connectivity index (χ4v) is 3.87. The quantitative estimate of drug-likeness (QED) is 0.823. The molecule has 152 valence electrons. The number of carbonyl (C=O) groups excluding carboxylic acids is 2. The van der Waals surface area contributed by atoms with Gasteiger partial charge in [0, 0.05) is 61.9 Å². The van der Waals surface area contributed by atoms with Gasteiger partial charge in [-0.05, 0) is 48.9 Å². The molecule has 3 amide bonds. The number of hydrogen-bond acceptors (Lipinski definition) is 5. The zero-order valence-corrected chi connectivity index (χ0v) is 16.3. The minimum absolute atomic E-state index is 0.0259. The van der Waals surface area contributed by atoms with Crippen molar-refractivity contribution in [3.8, 4) is 11.1 Å². The number of hydrogen-bond donors (Lipinski definition) is 2. The van der Waals surface area contributed by atoms with Crippen LogP contribution in [0.4, 0.5) is 10.6 Å². The monoisotopic (exact) mass is 395 g/mol. The molecule has 2 aliphatic rings. The van der Waals surface area contributed by atoms with Gasteiger partial charge in [-0.3, -0.25) is 14.7 Å². The Balaban J connectivity index is 1.47. The second-order valence-electron chi connectivity index (χ2n) is 7.49. The Morgan fingerprint density at radius 3 is 2.76 bits per heavy atom. The molecule has 4 heterocycles. The summed E-state index contributed by atoms with van der Waals surface area (Å²) in [5.41, 5.74) is 9.25. The molecule has 2 aromatic heterocycles. The number of aromatic nitrogens is 2. The van der Waals surface area contributed by atoms with Crippen molar-refractivity contribution in [2.24, 2.45) is 11.7 Å². The fraction of sp³-hybridized carbons (Fsp3) is 0.429. The molecule has 0 spiro atoms. The Kier molecular flexibility index (Phi) is 5.71. The van der Waals surface area contributed by atoms with Crippen molar-refractivity contribution >= 4 is 17.8 Å². The van der Waals surface area contributed by atoms with Crippen LogP contribution in [-0.2, 0) is 22.5 Å². The number of fused-ring (bicyclic) bond motifs is 1. The maximum atomic E-state index is 12.3. The second kappa shape index (κ2) is 8.57. The number of amides is 3. The molecule has 0 unspecified atom stereocenters. The first-order valence-electron chi connectivity index (χ1n) is 9.97. The summed E-state index contributed by atoms with van der Waals surface area (Å²) in [6.45, 7) is 2.32. The van der Waals surface area contributed by atoms with Crippen molar-refractivity contribution in [3.63, 3.8) is 0 Å². The van der Waals surface area contributed by atoms with E-state index in [0.717, 1.165) is 47.9 Å². The summed E-state index contributed by atoms with van der Waals surface area (Å²) in [7, 11) is 0. The molecule has 8 heteroatoms. The van der Waals surface area contributed by atoms with E-state index in [2.05, 4.69) is 15.3 Å². The number of nitrogens with two attached hydrogens (primary N) is 1. The van der Waals surface area contributed by atoms with Crippen LogP contribution in [0.3, 0.4) is 0 Å². The number of carbonyl (C=O) groups is 2. The van der Waals surface area contributed by atoms with Crippen LogP contribution in [0.2, 0.25) is 0 Å². The average Bonchev–Trinajstić information content (AvgIpc) is 2.77. The van der Waals surface area contributed by atoms with Crippen LogP contribution in [-0.4, -0.2) is 41.7 Å². The number of pyridine rings is 2. The summed E-state index contributed by atoms with van der Waals surface area (Å²) in [5.74, 6) is 0.735. The lowest BCUT2D eigenvalue weighted by Crippen LogP contribution is -2.40. The SMILES string of the molecule is NC(=O)N1CCCc2cc(-c3cncc(CNC(=O)C4CCOCC4)c3)cnc21. The molecule has 8 nitrogen and oxygen atoms in total. The summed E-state index contributed by atoms with van der Waals surface area (Å²) < 4.78 is 5.31. The molecule has 2 aliphatic heterocycles. The predicted molar refractivity (Wildman–Crippen MR) is 108 cm³/mol. The smallest absolute Gasteiger partial charge is 0.320 e. The van der Waals surface area contributed by atoms with Crippen molar-refractivity contribution in [1.29, 1.82) is 0 Å². The first-order chi connectivity index (χ1) is 14.1. The molecule has 1 fully saturated rings. The summed E-state index contributed by atoms with van der Waals surface area (Å²) >= 11 is 0. The van der Waals surface area contributed by atoms with Crippen LogP contribution in [0.1, 0.15) is 30.4 Å². The molecule has 0 bridgehead atoms. The van der Waals surface area contributed by atoms with Gasteiger partial charge in [-0.15, -0.1) is 0 Å². The van der Waals surface area contributed by atoms with E-state index in [-0.39, 0.29) is 11.8 Å². The maximum Gasteiger partial charge on any atom is 0.320 e. The van der Waals surface area contributed by atoms with Crippen LogP contribution < -0.4 is 16.0 Å². The van der Waals surface area contributed by atoms with E-state index in [0.29, 0.717) is 32.1 Å². The molecule has 0 aromatic carbocycles. The Morgan fingerprint density at radius 2 is 1.97 bits per heavy atom. The number of nitrogens with zero attached hydrogens (tertiary/aromatic N) is 3. The second-order valence-corrected chi connectivity index (χ2v) is 7.49. The number of anilines is 1. The number of urea groups is 1. The molecule has 29 heavy (non-hydrogen) atoms. The van der Waals surface area contributed by atoms with Crippen molar-refractivity contribution in [1.82, 2.24) is 15.3 Å². The summed E-state index contributed by atoms with van der Waals surface area (Å²) in [5, 5.41) is 3.01. The maximum absolute atomic E-state index is 12.3. The van der Waals surface area contributed by atoms with Crippen LogP contribution in [0, 0.1) is 5.92 Å². The topological polar surface area (TPSA) is 110 Å². The zero-order chi connectivity index (χ0) is 20.2. The minimum Gasteiger partial charge on any atom is -0.381 e. The highest BCUT2D eigenvalue weighted by Crippen LogP contribution is 2.29. The number of primary amides is 1. The summed E-state index contributed by atoms with van der Waals surface area (Å²) in [6.07, 6.45) is 8.53. The third kappa shape index (κ3) is 4.37. The first kappa shape index (κ1) is 19.3. The van der Waals surface area contributed by atoms with Gasteiger partial charge in [0.2, 0.25) is 5.91 Å². The summed E-state index contributed by atoms with van der Waals surface area (Å²) in [4.78, 5) is 34.3. The zero-order valence-electron chi connectivity index (χ0n) is 16.3. The molecule has 1 saturated heterocycles. The van der Waals surface area contributed by atoms with E-state index in [9.17, 15) is 9.59 Å². The van der Waals surface area contributed by atoms with E-state index >= 15 is 0 Å². The van der Waals surface area contributed by atoms with Gasteiger partial charge >= 0.3 is 6.03 Å². The van der Waals surface area contributed by atoms with E-state index in [1.165, 1.54) is 4.90 Å². The number of ether oxygens (including phenoxy) is 1. The highest BCUT2D eigenvalue weighted by molar-refractivity contribution is 5.91. The van der Waals surface area contributed by atoms with Gasteiger partial charge in [0.25, 0.3) is 0 Å². The standard InChI is InChI=1S/C21H25N5O3/c22-21(28)26-5-1-2-16-9-18(13-24-19(16)26)17-8-14(10-23-12-17)11-25-20(27)15-3-6-29-7-4-15/h8-10,12-13,15H,1-7,11H2,(H2,22,28)(H,25,27). The molecule has 0 aliphatic carbocycles. The third-order valence-electron chi connectivity index (χ3n) is 5.48. The van der Waals surface area contributed by atoms with Crippen molar-refractivity contribution in [2.45, 2.75) is 32.2 Å². The molecular weight excluding hydrogens is 370 g/mol. The lowest BCUT2D eigenvalue weighted by molar-refractivity contribution is -0.128. The van der Waals surface area contributed by atoms with Gasteiger partial charge < -0.3 is 15.8 Å². The van der Waals surface area contributed by atoms with Gasteiger partial charge in [0.05, 0.1) is 0 Å².